The third kappa shape index (κ3) is 5.11. The molecule has 6 rings (SSSR count). The minimum atomic E-state index is -0.0137. The van der Waals surface area contributed by atoms with Crippen LogP contribution < -0.4 is 15.5 Å². The van der Waals surface area contributed by atoms with Crippen LogP contribution in [0.5, 0.6) is 0 Å². The van der Waals surface area contributed by atoms with Crippen molar-refractivity contribution in [3.8, 4) is 11.3 Å². The summed E-state index contributed by atoms with van der Waals surface area (Å²) in [5, 5.41) is 8.68. The number of hydrogen-bond acceptors (Lipinski definition) is 7. The van der Waals surface area contributed by atoms with Crippen molar-refractivity contribution in [1.29, 1.82) is 0 Å². The summed E-state index contributed by atoms with van der Waals surface area (Å²) in [5.74, 6) is -0.0137. The number of nitrogens with one attached hydrogen (secondary N) is 2. The number of thiophene rings is 1. The zero-order chi connectivity index (χ0) is 23.9. The van der Waals surface area contributed by atoms with Crippen molar-refractivity contribution < 1.29 is 9.59 Å². The monoisotopic (exact) mass is 557 g/mol. The highest BCUT2D eigenvalue weighted by atomic mass is 35.5. The first-order chi connectivity index (χ1) is 17.1. The summed E-state index contributed by atoms with van der Waals surface area (Å²) in [6.07, 6.45) is 0.980. The summed E-state index contributed by atoms with van der Waals surface area (Å²) in [6, 6.07) is 16.9. The van der Waals surface area contributed by atoms with Crippen LogP contribution in [0, 0.1) is 0 Å². The molecule has 0 bridgehead atoms. The maximum atomic E-state index is 12.7. The van der Waals surface area contributed by atoms with Crippen LogP contribution in [-0.4, -0.2) is 67.4 Å². The van der Waals surface area contributed by atoms with E-state index >= 15 is 0 Å². The molecule has 37 heavy (non-hydrogen) atoms. The third-order valence-electron chi connectivity index (χ3n) is 6.90. The van der Waals surface area contributed by atoms with Gasteiger partial charge in [-0.25, -0.2) is 4.98 Å². The number of anilines is 2. The molecule has 1 atom stereocenters. The van der Waals surface area contributed by atoms with Gasteiger partial charge in [-0.1, -0.05) is 12.1 Å². The van der Waals surface area contributed by atoms with Crippen LogP contribution in [0.4, 0.5) is 11.4 Å². The molecule has 7 nitrogen and oxygen atoms in total. The fourth-order valence-corrected chi connectivity index (χ4v) is 6.14. The van der Waals surface area contributed by atoms with Crippen molar-refractivity contribution >= 4 is 80.7 Å². The number of halogens is 2. The molecule has 0 unspecified atom stereocenters. The summed E-state index contributed by atoms with van der Waals surface area (Å²) in [7, 11) is 0. The van der Waals surface area contributed by atoms with Gasteiger partial charge in [0.15, 0.2) is 0 Å². The van der Waals surface area contributed by atoms with Gasteiger partial charge in [-0.3, -0.25) is 9.69 Å². The van der Waals surface area contributed by atoms with Gasteiger partial charge in [-0.15, -0.1) is 36.2 Å². The molecule has 0 saturated carbocycles. The number of amides is 1. The smallest absolute Gasteiger partial charge is 0.263 e. The summed E-state index contributed by atoms with van der Waals surface area (Å²) >= 11 is 1.53. The number of piperazine rings is 1. The molecule has 4 aromatic rings. The van der Waals surface area contributed by atoms with E-state index in [2.05, 4.69) is 62.9 Å². The van der Waals surface area contributed by atoms with Crippen molar-refractivity contribution in [2.24, 2.45) is 0 Å². The molecule has 2 aliphatic heterocycles. The molecule has 10 heteroatoms. The normalized spacial score (nSPS) is 17.7. The van der Waals surface area contributed by atoms with Gasteiger partial charge >= 0.3 is 0 Å². The Balaban J connectivity index is 0.00000160. The number of fused-ring (bicyclic) bond motifs is 5. The lowest BCUT2D eigenvalue weighted by molar-refractivity contribution is -0.108. The molecule has 2 aliphatic rings. The summed E-state index contributed by atoms with van der Waals surface area (Å²) in [4.78, 5) is 33.8. The predicted octanol–water partition coefficient (Wildman–Crippen LogP) is 4.82. The lowest BCUT2D eigenvalue weighted by Crippen LogP contribution is -2.46. The van der Waals surface area contributed by atoms with Gasteiger partial charge in [0.2, 0.25) is 0 Å². The number of nitrogens with zero attached hydrogens (tertiary/aromatic N) is 3. The number of hydrogen-bond donors (Lipinski definition) is 2. The van der Waals surface area contributed by atoms with Crippen molar-refractivity contribution in [2.45, 2.75) is 13.0 Å². The van der Waals surface area contributed by atoms with Gasteiger partial charge in [0.05, 0.1) is 23.4 Å². The molecule has 0 radical (unpaired) electrons. The number of aromatic nitrogens is 1. The molecule has 0 spiro atoms. The highest BCUT2D eigenvalue weighted by Crippen LogP contribution is 2.41. The summed E-state index contributed by atoms with van der Waals surface area (Å²) in [5.41, 5.74) is 5.03. The number of carbonyl (C=O) groups excluding carboxylic acids is 2. The van der Waals surface area contributed by atoms with E-state index in [0.29, 0.717) is 13.1 Å². The minimum Gasteiger partial charge on any atom is -0.381 e. The number of carbonyl (C=O) groups is 2. The van der Waals surface area contributed by atoms with E-state index in [1.807, 2.05) is 13.0 Å². The van der Waals surface area contributed by atoms with Crippen LogP contribution in [0.25, 0.3) is 32.2 Å². The van der Waals surface area contributed by atoms with E-state index in [-0.39, 0.29) is 36.8 Å². The molecule has 2 N–H and O–H groups in total. The second kappa shape index (κ2) is 11.2. The zero-order valence-electron chi connectivity index (χ0n) is 20.4. The fourth-order valence-electron chi connectivity index (χ4n) is 5.04. The van der Waals surface area contributed by atoms with Gasteiger partial charge < -0.3 is 20.3 Å². The van der Waals surface area contributed by atoms with Crippen molar-refractivity contribution in [3.63, 3.8) is 0 Å². The zero-order valence-corrected chi connectivity index (χ0v) is 22.8. The second-order valence-electron chi connectivity index (χ2n) is 9.27. The van der Waals surface area contributed by atoms with Crippen LogP contribution in [0.1, 0.15) is 16.6 Å². The quantitative estimate of drug-likeness (QED) is 0.350. The Labute approximate surface area is 232 Å². The summed E-state index contributed by atoms with van der Waals surface area (Å²) < 4.78 is 1.09. The Morgan fingerprint density at radius 2 is 1.89 bits per heavy atom. The third-order valence-corrected chi connectivity index (χ3v) is 8.06. The van der Waals surface area contributed by atoms with Gasteiger partial charge in [0.1, 0.15) is 11.2 Å². The molecular weight excluding hydrogens is 529 g/mol. The van der Waals surface area contributed by atoms with Gasteiger partial charge in [0.25, 0.3) is 5.91 Å². The van der Waals surface area contributed by atoms with E-state index in [1.165, 1.54) is 17.0 Å². The van der Waals surface area contributed by atoms with E-state index in [0.717, 1.165) is 75.3 Å². The molecule has 2 aromatic carbocycles. The van der Waals surface area contributed by atoms with Gasteiger partial charge in [-0.05, 0) is 43.3 Å². The topological polar surface area (TPSA) is 77.6 Å². The van der Waals surface area contributed by atoms with Gasteiger partial charge in [0, 0.05) is 65.5 Å². The van der Waals surface area contributed by atoms with Crippen LogP contribution in [-0.2, 0) is 4.79 Å². The van der Waals surface area contributed by atoms with Crippen molar-refractivity contribution in [1.82, 2.24) is 15.2 Å². The molecule has 194 valence electrons. The highest BCUT2D eigenvalue weighted by molar-refractivity contribution is 7.21. The molecule has 2 aromatic heterocycles. The van der Waals surface area contributed by atoms with E-state index in [1.54, 1.807) is 0 Å². The lowest BCUT2D eigenvalue weighted by Gasteiger charge is -2.35. The Morgan fingerprint density at radius 3 is 2.68 bits per heavy atom. The van der Waals surface area contributed by atoms with Crippen LogP contribution in [0.3, 0.4) is 0 Å². The first-order valence-electron chi connectivity index (χ1n) is 12.0. The Hall–Kier alpha value is -2.91. The predicted molar refractivity (Wildman–Crippen MR) is 157 cm³/mol. The van der Waals surface area contributed by atoms with E-state index in [4.69, 9.17) is 4.98 Å². The standard InChI is InChI=1S/C27H27N5O2S.2ClH/c1-17-16-28-25-24-20-5-6-21(30-22(20)7-8-23(24)35-26(25)27(34)29-17)18-3-2-4-19(15-18)32-11-9-31(10-12-32)13-14-33;;/h2-8,14-15,17,28H,9-13,16H2,1H3,(H,29,34);2*1H/t17-;;/m1../s1. The minimum absolute atomic E-state index is 0. The number of aldehydes is 1. The number of rotatable bonds is 4. The van der Waals surface area contributed by atoms with Crippen LogP contribution in [0.15, 0.2) is 48.5 Å². The average Bonchev–Trinajstić information content (AvgIpc) is 3.20. The molecule has 0 aliphatic carbocycles. The van der Waals surface area contributed by atoms with Crippen molar-refractivity contribution in [3.05, 3.63) is 53.4 Å². The Kier molecular flexibility index (Phi) is 8.23. The van der Waals surface area contributed by atoms with E-state index < -0.39 is 0 Å². The molecular formula is C27H29Cl2N5O2S. The first kappa shape index (κ1) is 27.1. The first-order valence-corrected chi connectivity index (χ1v) is 12.8. The van der Waals surface area contributed by atoms with Gasteiger partial charge in [-0.2, -0.15) is 0 Å². The molecule has 4 heterocycles. The number of benzene rings is 2. The Bertz CT molecular complexity index is 1450. The van der Waals surface area contributed by atoms with Crippen LogP contribution in [0.2, 0.25) is 0 Å². The van der Waals surface area contributed by atoms with E-state index in [9.17, 15) is 9.59 Å². The molecule has 1 fully saturated rings. The summed E-state index contributed by atoms with van der Waals surface area (Å²) in [6.45, 7) is 6.81. The maximum absolute atomic E-state index is 12.7. The Morgan fingerprint density at radius 1 is 1.08 bits per heavy atom. The molecule has 1 saturated heterocycles. The second-order valence-corrected chi connectivity index (χ2v) is 10.3. The lowest BCUT2D eigenvalue weighted by atomic mass is 10.1. The molecule has 1 amide bonds. The largest absolute Gasteiger partial charge is 0.381 e. The highest BCUT2D eigenvalue weighted by Gasteiger charge is 2.25. The average molecular weight is 559 g/mol. The number of pyridine rings is 1. The van der Waals surface area contributed by atoms with Crippen molar-refractivity contribution in [2.75, 3.05) is 49.5 Å². The van der Waals surface area contributed by atoms with Crippen LogP contribution >= 0.6 is 36.2 Å². The maximum Gasteiger partial charge on any atom is 0.263 e. The fraction of sp³-hybridized carbons (Fsp3) is 0.296. The SMILES string of the molecule is C[C@@H]1CNc2c(sc3ccc4nc(-c5cccc(N6CCN(CC=O)CC6)c5)ccc4c23)C(=O)N1.Cl.Cl.